The molecule has 1 aliphatic heterocycles. The molecule has 1 N–H and O–H groups in total. The van der Waals surface area contributed by atoms with Crippen LogP contribution in [-0.4, -0.2) is 75.6 Å². The number of hydrogen-bond donors (Lipinski definition) is 1. The number of hydrogen-bond acceptors (Lipinski definition) is 6. The van der Waals surface area contributed by atoms with Crippen molar-refractivity contribution in [2.75, 3.05) is 45.5 Å². The molecule has 1 aromatic heterocycles. The fraction of sp³-hybridized carbons (Fsp3) is 0.368. The van der Waals surface area contributed by atoms with Crippen molar-refractivity contribution < 1.29 is 22.4 Å². The number of nitrogens with zero attached hydrogens (tertiary/aromatic N) is 2. The number of furan rings is 1. The van der Waals surface area contributed by atoms with Gasteiger partial charge in [0.15, 0.2) is 15.6 Å². The monoisotopic (exact) mass is 405 g/mol. The van der Waals surface area contributed by atoms with Crippen molar-refractivity contribution in [2.45, 2.75) is 4.90 Å². The highest BCUT2D eigenvalue weighted by Gasteiger charge is 2.23. The van der Waals surface area contributed by atoms with E-state index in [1.807, 2.05) is 0 Å². The van der Waals surface area contributed by atoms with Crippen molar-refractivity contribution in [3.63, 3.8) is 0 Å². The summed E-state index contributed by atoms with van der Waals surface area (Å²) in [6.07, 6.45) is 2.58. The zero-order valence-corrected chi connectivity index (χ0v) is 16.4. The second kappa shape index (κ2) is 8.57. The molecule has 2 aromatic rings. The van der Waals surface area contributed by atoms with Crippen LogP contribution in [0.15, 0.2) is 52.0 Å². The van der Waals surface area contributed by atoms with E-state index in [0.29, 0.717) is 44.8 Å². The van der Waals surface area contributed by atoms with Gasteiger partial charge in [0.2, 0.25) is 0 Å². The van der Waals surface area contributed by atoms with E-state index in [1.165, 1.54) is 18.4 Å². The number of amides is 2. The first-order chi connectivity index (χ1) is 13.3. The van der Waals surface area contributed by atoms with E-state index in [2.05, 4.69) is 10.2 Å². The third kappa shape index (κ3) is 4.99. The summed E-state index contributed by atoms with van der Waals surface area (Å²) >= 11 is 0. The number of benzene rings is 1. The zero-order valence-electron chi connectivity index (χ0n) is 15.6. The maximum Gasteiger partial charge on any atom is 0.287 e. The summed E-state index contributed by atoms with van der Waals surface area (Å²) in [6, 6.07) is 9.40. The van der Waals surface area contributed by atoms with Gasteiger partial charge >= 0.3 is 0 Å². The molecule has 1 fully saturated rings. The molecule has 0 aliphatic carbocycles. The lowest BCUT2D eigenvalue weighted by molar-refractivity contribution is 0.0637. The van der Waals surface area contributed by atoms with Gasteiger partial charge in [0.05, 0.1) is 11.2 Å². The van der Waals surface area contributed by atoms with Crippen LogP contribution < -0.4 is 5.32 Å². The van der Waals surface area contributed by atoms with E-state index in [4.69, 9.17) is 4.42 Å². The zero-order chi connectivity index (χ0) is 20.1. The molecule has 1 aliphatic rings. The second-order valence-electron chi connectivity index (χ2n) is 6.67. The Hall–Kier alpha value is -2.65. The molecule has 150 valence electrons. The Morgan fingerprint density at radius 3 is 2.50 bits per heavy atom. The van der Waals surface area contributed by atoms with Gasteiger partial charge in [-0.05, 0) is 30.3 Å². The van der Waals surface area contributed by atoms with E-state index in [0.717, 1.165) is 6.26 Å². The third-order valence-electron chi connectivity index (χ3n) is 4.63. The summed E-state index contributed by atoms with van der Waals surface area (Å²) < 4.78 is 28.4. The lowest BCUT2D eigenvalue weighted by Gasteiger charge is -2.34. The molecule has 3 rings (SSSR count). The molecule has 1 aromatic carbocycles. The molecular formula is C19H23N3O5S. The summed E-state index contributed by atoms with van der Waals surface area (Å²) in [5.41, 5.74) is 0.377. The van der Waals surface area contributed by atoms with Crippen LogP contribution in [-0.2, 0) is 9.84 Å². The number of carbonyl (C=O) groups excluding carboxylic acids is 2. The summed E-state index contributed by atoms with van der Waals surface area (Å²) in [7, 11) is -3.35. The van der Waals surface area contributed by atoms with Crippen LogP contribution in [0.3, 0.4) is 0 Å². The number of sulfone groups is 1. The van der Waals surface area contributed by atoms with E-state index in [-0.39, 0.29) is 22.5 Å². The van der Waals surface area contributed by atoms with Gasteiger partial charge in [0.25, 0.3) is 11.8 Å². The average Bonchev–Trinajstić information content (AvgIpc) is 3.22. The third-order valence-corrected chi connectivity index (χ3v) is 5.74. The smallest absolute Gasteiger partial charge is 0.287 e. The van der Waals surface area contributed by atoms with Crippen LogP contribution in [0, 0.1) is 0 Å². The molecule has 0 spiro atoms. The first-order valence-electron chi connectivity index (χ1n) is 8.98. The Kier molecular flexibility index (Phi) is 6.15. The molecule has 0 unspecified atom stereocenters. The molecule has 0 bridgehead atoms. The largest absolute Gasteiger partial charge is 0.459 e. The number of piperazine rings is 1. The average molecular weight is 405 g/mol. The van der Waals surface area contributed by atoms with Gasteiger partial charge in [-0.25, -0.2) is 8.42 Å². The van der Waals surface area contributed by atoms with Crippen LogP contribution in [0.25, 0.3) is 0 Å². The highest BCUT2D eigenvalue weighted by Crippen LogP contribution is 2.14. The van der Waals surface area contributed by atoms with E-state index >= 15 is 0 Å². The van der Waals surface area contributed by atoms with Crippen LogP contribution in [0.2, 0.25) is 0 Å². The molecule has 8 nitrogen and oxygen atoms in total. The summed E-state index contributed by atoms with van der Waals surface area (Å²) in [5.74, 6) is -0.132. The standard InChI is InChI=1S/C19H23N3O5S/c1-28(25,26)16-5-2-4-15(14-16)19(24)22-11-9-21(10-12-22)8-7-20-18(23)17-6-3-13-27-17/h2-6,13-14H,7-12H2,1H3,(H,20,23). The fourth-order valence-electron chi connectivity index (χ4n) is 3.04. The van der Waals surface area contributed by atoms with E-state index in [9.17, 15) is 18.0 Å². The molecule has 28 heavy (non-hydrogen) atoms. The van der Waals surface area contributed by atoms with Crippen LogP contribution in [0.1, 0.15) is 20.9 Å². The van der Waals surface area contributed by atoms with Gasteiger partial charge in [-0.1, -0.05) is 6.07 Å². The topological polar surface area (TPSA) is 99.9 Å². The van der Waals surface area contributed by atoms with Crippen LogP contribution in [0.5, 0.6) is 0 Å². The van der Waals surface area contributed by atoms with Crippen molar-refractivity contribution in [1.29, 1.82) is 0 Å². The molecule has 0 saturated carbocycles. The highest BCUT2D eigenvalue weighted by molar-refractivity contribution is 7.90. The van der Waals surface area contributed by atoms with Crippen molar-refractivity contribution in [3.05, 3.63) is 54.0 Å². The normalized spacial score (nSPS) is 15.4. The predicted octanol–water partition coefficient (Wildman–Crippen LogP) is 0.871. The van der Waals surface area contributed by atoms with Crippen LogP contribution in [0.4, 0.5) is 0 Å². The number of carbonyl (C=O) groups is 2. The minimum Gasteiger partial charge on any atom is -0.459 e. The number of nitrogens with one attached hydrogen (secondary N) is 1. The Balaban J connectivity index is 1.47. The molecule has 1 saturated heterocycles. The van der Waals surface area contributed by atoms with Gasteiger partial charge in [0.1, 0.15) is 0 Å². The Morgan fingerprint density at radius 2 is 1.86 bits per heavy atom. The molecule has 9 heteroatoms. The number of rotatable bonds is 6. The Morgan fingerprint density at radius 1 is 1.11 bits per heavy atom. The summed E-state index contributed by atoms with van der Waals surface area (Å²) in [5, 5.41) is 2.80. The van der Waals surface area contributed by atoms with E-state index in [1.54, 1.807) is 29.2 Å². The summed E-state index contributed by atoms with van der Waals surface area (Å²) in [6.45, 7) is 3.65. The van der Waals surface area contributed by atoms with E-state index < -0.39 is 9.84 Å². The van der Waals surface area contributed by atoms with Crippen molar-refractivity contribution in [2.24, 2.45) is 0 Å². The van der Waals surface area contributed by atoms with Crippen molar-refractivity contribution >= 4 is 21.7 Å². The van der Waals surface area contributed by atoms with Gasteiger partial charge in [-0.2, -0.15) is 0 Å². The van der Waals surface area contributed by atoms with Crippen LogP contribution >= 0.6 is 0 Å². The quantitative estimate of drug-likeness (QED) is 0.766. The minimum absolute atomic E-state index is 0.143. The molecular weight excluding hydrogens is 382 g/mol. The predicted molar refractivity (Wildman–Crippen MR) is 103 cm³/mol. The molecule has 0 atom stereocenters. The molecule has 2 amide bonds. The lowest BCUT2D eigenvalue weighted by atomic mass is 10.2. The van der Waals surface area contributed by atoms with Crippen molar-refractivity contribution in [3.8, 4) is 0 Å². The van der Waals surface area contributed by atoms with Gasteiger partial charge < -0.3 is 14.6 Å². The SMILES string of the molecule is CS(=O)(=O)c1cccc(C(=O)N2CCN(CCNC(=O)c3ccco3)CC2)c1. The van der Waals surface area contributed by atoms with Gasteiger partial charge in [-0.3, -0.25) is 14.5 Å². The molecule has 0 radical (unpaired) electrons. The first kappa shape index (κ1) is 20.1. The van der Waals surface area contributed by atoms with Gasteiger partial charge in [-0.15, -0.1) is 0 Å². The molecule has 2 heterocycles. The van der Waals surface area contributed by atoms with Gasteiger partial charge in [0, 0.05) is 51.1 Å². The Bertz CT molecular complexity index is 932. The maximum atomic E-state index is 12.7. The lowest BCUT2D eigenvalue weighted by Crippen LogP contribution is -2.50. The summed E-state index contributed by atoms with van der Waals surface area (Å²) in [4.78, 5) is 28.5. The minimum atomic E-state index is -3.35. The maximum absolute atomic E-state index is 12.7. The second-order valence-corrected chi connectivity index (χ2v) is 8.68. The highest BCUT2D eigenvalue weighted by atomic mass is 32.2. The Labute approximate surface area is 164 Å². The van der Waals surface area contributed by atoms with Crippen molar-refractivity contribution in [1.82, 2.24) is 15.1 Å². The fourth-order valence-corrected chi connectivity index (χ4v) is 3.71. The first-order valence-corrected chi connectivity index (χ1v) is 10.9.